The molecule has 5 atom stereocenters. The monoisotopic (exact) mass is 928 g/mol. The van der Waals surface area contributed by atoms with Crippen LogP contribution < -0.4 is 14.8 Å². The van der Waals surface area contributed by atoms with E-state index in [0.29, 0.717) is 6.79 Å². The summed E-state index contributed by atoms with van der Waals surface area (Å²) in [5.74, 6) is -1.26. The number of hydrogen-bond acceptors (Lipinski definition) is 13. The van der Waals surface area contributed by atoms with Crippen LogP contribution in [0.5, 0.6) is 11.5 Å². The Hall–Kier alpha value is -3.51. The number of thiophene rings is 1. The van der Waals surface area contributed by atoms with E-state index in [9.17, 15) is 33.9 Å². The van der Waals surface area contributed by atoms with Crippen LogP contribution in [0.1, 0.15) is 76.2 Å². The summed E-state index contributed by atoms with van der Waals surface area (Å²) in [5, 5.41) is 21.9. The lowest BCUT2D eigenvalue weighted by Gasteiger charge is -2.51. The number of esters is 2. The zero-order valence-corrected chi connectivity index (χ0v) is 37.6. The lowest BCUT2D eigenvalue weighted by Crippen LogP contribution is -2.71. The van der Waals surface area contributed by atoms with Crippen LogP contribution in [0, 0.1) is 28.6 Å². The number of alkyl halides is 3. The van der Waals surface area contributed by atoms with E-state index in [2.05, 4.69) is 19.2 Å². The van der Waals surface area contributed by atoms with Crippen molar-refractivity contribution in [3.63, 3.8) is 0 Å². The highest BCUT2D eigenvalue weighted by Crippen LogP contribution is 2.47. The van der Waals surface area contributed by atoms with Crippen molar-refractivity contribution >= 4 is 92.5 Å². The first kappa shape index (κ1) is 48.2. The number of ether oxygens (including phenoxy) is 4. The molecule has 1 aromatic heterocycles. The van der Waals surface area contributed by atoms with E-state index in [1.54, 1.807) is 12.1 Å². The number of nitrogens with zero attached hydrogens (tertiary/aromatic N) is 3. The number of benzene rings is 1. The van der Waals surface area contributed by atoms with Crippen molar-refractivity contribution in [3.05, 3.63) is 57.4 Å². The van der Waals surface area contributed by atoms with Gasteiger partial charge in [-0.05, 0) is 48.4 Å². The molecule has 3 aliphatic rings. The Bertz CT molecular complexity index is 1920. The molecule has 4 unspecified atom stereocenters. The number of rotatable bonds is 19. The van der Waals surface area contributed by atoms with Crippen molar-refractivity contribution < 1.29 is 42.3 Å². The number of hydrogen-bond donors (Lipinski definition) is 1. The van der Waals surface area contributed by atoms with Crippen LogP contribution in [0.2, 0.25) is 0 Å². The number of β-lactam (4-membered cyclic amide) rings is 1. The Balaban J connectivity index is 0.000000297. The van der Waals surface area contributed by atoms with Gasteiger partial charge in [-0.2, -0.15) is 10.5 Å². The van der Waals surface area contributed by atoms with Crippen molar-refractivity contribution in [1.82, 2.24) is 10.2 Å². The van der Waals surface area contributed by atoms with Gasteiger partial charge < -0.3 is 24.3 Å². The van der Waals surface area contributed by atoms with Crippen LogP contribution in [0.25, 0.3) is 0 Å². The van der Waals surface area contributed by atoms with Gasteiger partial charge in [0.25, 0.3) is 5.91 Å². The standard InChI is InChI=1S/C22H19Cl3N4O6S2.C18H28O3S/c1-11(30)34-9-14-15(5-12(7-26)8-27)37-20-17(28-16(31)6-13-3-2-4-36-13)19(32)29(20)18(14)21(33)35-10-22(23,24)25;1-3-4-5-6-7-8-11-22(19)15(2)12-16-9-10-17-18(13-16)21-14-20-17/h2-4,12,15,17,20H,5-6,9-10H2,1H3,(H,28,31);9-10,13,15H,3-8,11-12,14H2,1-2H3/t15?,17?,20-;/m1./s1. The summed E-state index contributed by atoms with van der Waals surface area (Å²) in [6.07, 6.45) is 8.35. The Morgan fingerprint density at radius 2 is 1.78 bits per heavy atom. The molecule has 2 amide bonds. The molecule has 320 valence electrons. The van der Waals surface area contributed by atoms with Crippen molar-refractivity contribution in [2.45, 2.75) is 104 Å². The molecule has 59 heavy (non-hydrogen) atoms. The van der Waals surface area contributed by atoms with Crippen molar-refractivity contribution in [1.29, 1.82) is 10.5 Å². The van der Waals surface area contributed by atoms with Gasteiger partial charge in [-0.1, -0.05) is 92.9 Å². The third-order valence-corrected chi connectivity index (χ3v) is 13.9. The maximum Gasteiger partial charge on any atom is 0.355 e. The number of nitrogens with one attached hydrogen (secondary N) is 1. The van der Waals surface area contributed by atoms with Gasteiger partial charge in [0.05, 0.1) is 18.6 Å². The quantitative estimate of drug-likeness (QED) is 0.0643. The summed E-state index contributed by atoms with van der Waals surface area (Å²) in [5.41, 5.74) is 1.10. The van der Waals surface area contributed by atoms with Gasteiger partial charge >= 0.3 is 11.9 Å². The molecule has 19 heteroatoms. The number of unbranched alkanes of at least 4 members (excludes halogenated alkanes) is 5. The van der Waals surface area contributed by atoms with Crippen molar-refractivity contribution in [2.75, 3.05) is 25.8 Å². The predicted molar refractivity (Wildman–Crippen MR) is 228 cm³/mol. The molecule has 1 fully saturated rings. The lowest BCUT2D eigenvalue weighted by molar-refractivity contribution is -0.153. The van der Waals surface area contributed by atoms with E-state index in [1.807, 2.05) is 35.7 Å². The minimum absolute atomic E-state index is 0.0378. The second kappa shape index (κ2) is 23.5. The van der Waals surface area contributed by atoms with E-state index in [-0.39, 0.29) is 35.3 Å². The van der Waals surface area contributed by atoms with Gasteiger partial charge in [0.2, 0.25) is 16.5 Å². The Kier molecular flexibility index (Phi) is 19.2. The SMILES string of the molecule is CC(=O)OCC1=C(C(=O)OCC(Cl)(Cl)Cl)N2C(=O)C(NC(=O)Cc3cccs3)[C@H]2SC1CC(C#N)C#N.CCCCCCCCS(=O)C(C)Cc1ccc2c(c1)OCO2. The lowest BCUT2D eigenvalue weighted by atomic mass is 9.96. The molecular formula is C40H47Cl3N4O9S3. The zero-order valence-electron chi connectivity index (χ0n) is 32.9. The fourth-order valence-corrected chi connectivity index (χ4v) is 10.2. The topological polar surface area (TPSA) is 185 Å². The average Bonchev–Trinajstić information content (AvgIpc) is 3.90. The van der Waals surface area contributed by atoms with Gasteiger partial charge in [0.15, 0.2) is 11.5 Å². The third-order valence-electron chi connectivity index (χ3n) is 9.37. The maximum absolute atomic E-state index is 13.1. The molecule has 1 N–H and O–H groups in total. The number of halogens is 3. The molecule has 5 rings (SSSR count). The van der Waals surface area contributed by atoms with Crippen LogP contribution in [-0.4, -0.2) is 84.3 Å². The Morgan fingerprint density at radius 3 is 2.44 bits per heavy atom. The molecular weight excluding hydrogens is 883 g/mol. The normalized spacial score (nSPS) is 19.0. The smallest absolute Gasteiger partial charge is 0.355 e. The number of amides is 2. The average molecular weight is 930 g/mol. The number of nitriles is 2. The minimum atomic E-state index is -1.93. The summed E-state index contributed by atoms with van der Waals surface area (Å²) < 4.78 is 31.3. The highest BCUT2D eigenvalue weighted by Gasteiger charge is 2.57. The first-order chi connectivity index (χ1) is 28.1. The van der Waals surface area contributed by atoms with Crippen LogP contribution in [0.15, 0.2) is 47.0 Å². The predicted octanol–water partition coefficient (Wildman–Crippen LogP) is 7.30. The third kappa shape index (κ3) is 14.6. The zero-order chi connectivity index (χ0) is 43.1. The molecule has 0 aliphatic carbocycles. The van der Waals surface area contributed by atoms with Crippen molar-refractivity contribution in [2.24, 2.45) is 5.92 Å². The molecule has 0 saturated carbocycles. The van der Waals surface area contributed by atoms with E-state index >= 15 is 0 Å². The molecule has 1 saturated heterocycles. The Morgan fingerprint density at radius 1 is 1.07 bits per heavy atom. The molecule has 1 aromatic carbocycles. The summed E-state index contributed by atoms with van der Waals surface area (Å²) in [7, 11) is -0.743. The first-order valence-corrected chi connectivity index (χ1v) is 23.4. The maximum atomic E-state index is 13.1. The number of carbonyl (C=O) groups excluding carboxylic acids is 4. The van der Waals surface area contributed by atoms with Crippen molar-refractivity contribution in [3.8, 4) is 23.6 Å². The summed E-state index contributed by atoms with van der Waals surface area (Å²) in [4.78, 5) is 52.3. The largest absolute Gasteiger partial charge is 0.461 e. The number of fused-ring (bicyclic) bond motifs is 2. The molecule has 13 nitrogen and oxygen atoms in total. The van der Waals surface area contributed by atoms with E-state index in [4.69, 9.17) is 53.8 Å². The highest BCUT2D eigenvalue weighted by molar-refractivity contribution is 8.00. The van der Waals surface area contributed by atoms with Crippen LogP contribution >= 0.6 is 57.9 Å². The van der Waals surface area contributed by atoms with Crippen LogP contribution in [0.3, 0.4) is 0 Å². The van der Waals surface area contributed by atoms with Gasteiger partial charge in [0, 0.05) is 44.4 Å². The second-order valence-electron chi connectivity index (χ2n) is 14.0. The van der Waals surface area contributed by atoms with Crippen LogP contribution in [-0.2, 0) is 52.3 Å². The second-order valence-corrected chi connectivity index (χ2v) is 20.8. The molecule has 4 heterocycles. The summed E-state index contributed by atoms with van der Waals surface area (Å²) >= 11 is 19.7. The van der Waals surface area contributed by atoms with E-state index < -0.39 is 68.2 Å². The molecule has 0 radical (unpaired) electrons. The van der Waals surface area contributed by atoms with Crippen LogP contribution in [0.4, 0.5) is 0 Å². The number of thioether (sulfide) groups is 1. The van der Waals surface area contributed by atoms with E-state index in [1.165, 1.54) is 49.0 Å². The fourth-order valence-electron chi connectivity index (χ4n) is 6.38. The molecule has 2 aromatic rings. The summed E-state index contributed by atoms with van der Waals surface area (Å²) in [6.45, 7) is 4.74. The van der Waals surface area contributed by atoms with Gasteiger partial charge in [0.1, 0.15) is 36.2 Å². The van der Waals surface area contributed by atoms with E-state index in [0.717, 1.165) is 58.6 Å². The molecule has 3 aliphatic heterocycles. The molecule has 0 bridgehead atoms. The molecule has 0 spiro atoms. The fraction of sp³-hybridized carbons (Fsp3) is 0.550. The van der Waals surface area contributed by atoms with Gasteiger partial charge in [-0.15, -0.1) is 23.1 Å². The number of carbonyl (C=O) groups is 4. The summed E-state index contributed by atoms with van der Waals surface area (Å²) in [6, 6.07) is 12.4. The Labute approximate surface area is 370 Å². The first-order valence-electron chi connectivity index (χ1n) is 19.1. The highest BCUT2D eigenvalue weighted by atomic mass is 35.6. The van der Waals surface area contributed by atoms with Gasteiger partial charge in [-0.25, -0.2) is 4.79 Å². The minimum Gasteiger partial charge on any atom is -0.461 e. The van der Waals surface area contributed by atoms with Gasteiger partial charge in [-0.3, -0.25) is 23.5 Å².